The number of aliphatic carboxylic acids is 1. The van der Waals surface area contributed by atoms with Crippen molar-refractivity contribution in [2.24, 2.45) is 5.92 Å². The maximum atomic E-state index is 12.6. The molecule has 2 aliphatic carbocycles. The maximum Gasteiger partial charge on any atom is 0.329 e. The van der Waals surface area contributed by atoms with Crippen molar-refractivity contribution in [2.45, 2.75) is 63.8 Å². The fourth-order valence-corrected chi connectivity index (χ4v) is 3.78. The van der Waals surface area contributed by atoms with Gasteiger partial charge < -0.3 is 15.4 Å². The lowest BCUT2D eigenvalue weighted by atomic mass is 9.77. The number of hydrogen-bond acceptors (Lipinski definition) is 3. The molecule has 3 rings (SSSR count). The van der Waals surface area contributed by atoms with E-state index < -0.39 is 23.0 Å². The van der Waals surface area contributed by atoms with Crippen LogP contribution >= 0.6 is 0 Å². The Balaban J connectivity index is 1.86. The molecular weight excluding hydrogens is 308 g/mol. The van der Waals surface area contributed by atoms with Crippen molar-refractivity contribution < 1.29 is 14.7 Å². The summed E-state index contributed by atoms with van der Waals surface area (Å²) in [5.74, 6) is -1.14. The number of carboxylic acids is 1. The fourth-order valence-electron chi connectivity index (χ4n) is 3.78. The number of aryl methyl sites for hydroxylation is 2. The van der Waals surface area contributed by atoms with Gasteiger partial charge in [-0.05, 0) is 68.9 Å². The second kappa shape index (κ2) is 6.42. The van der Waals surface area contributed by atoms with E-state index in [2.05, 4.69) is 17.2 Å². The zero-order chi connectivity index (χ0) is 17.3. The van der Waals surface area contributed by atoms with Gasteiger partial charge in [-0.2, -0.15) is 0 Å². The van der Waals surface area contributed by atoms with Crippen molar-refractivity contribution in [2.75, 3.05) is 0 Å². The number of pyridine rings is 1. The lowest BCUT2D eigenvalue weighted by Crippen LogP contribution is -2.56. The molecule has 6 nitrogen and oxygen atoms in total. The van der Waals surface area contributed by atoms with E-state index in [0.29, 0.717) is 18.8 Å². The number of H-pyrrole nitrogens is 1. The van der Waals surface area contributed by atoms with Gasteiger partial charge in [-0.15, -0.1) is 0 Å². The number of amides is 1. The molecule has 1 saturated carbocycles. The van der Waals surface area contributed by atoms with Crippen LogP contribution in [-0.2, 0) is 17.6 Å². The van der Waals surface area contributed by atoms with E-state index >= 15 is 0 Å². The van der Waals surface area contributed by atoms with Gasteiger partial charge in [0.2, 0.25) is 0 Å². The van der Waals surface area contributed by atoms with Gasteiger partial charge in [0.05, 0.1) is 0 Å². The van der Waals surface area contributed by atoms with Crippen molar-refractivity contribution >= 4 is 11.9 Å². The van der Waals surface area contributed by atoms with E-state index in [0.717, 1.165) is 49.8 Å². The molecule has 2 aliphatic rings. The first-order valence-corrected chi connectivity index (χ1v) is 8.72. The predicted octanol–water partition coefficient (Wildman–Crippen LogP) is 2.02. The third kappa shape index (κ3) is 3.09. The Morgan fingerprint density at radius 1 is 1.25 bits per heavy atom. The van der Waals surface area contributed by atoms with E-state index in [4.69, 9.17) is 0 Å². The molecule has 0 aliphatic heterocycles. The standard InChI is InChI=1S/C18H24N2O4/c1-11-6-8-18(9-7-11,17(23)24)20-16(22)13-10-12-4-2-3-5-14(12)19-15(13)21/h10-11H,2-9H2,1H3,(H,19,21)(H,20,22)(H,23,24). The zero-order valence-electron chi connectivity index (χ0n) is 14.0. The minimum atomic E-state index is -1.26. The number of hydrogen-bond donors (Lipinski definition) is 3. The lowest BCUT2D eigenvalue weighted by Gasteiger charge is -2.36. The van der Waals surface area contributed by atoms with Crippen LogP contribution in [0, 0.1) is 5.92 Å². The molecule has 0 spiro atoms. The number of nitrogens with one attached hydrogen (secondary N) is 2. The Hall–Kier alpha value is -2.11. The van der Waals surface area contributed by atoms with Crippen LogP contribution in [0.1, 0.15) is 67.1 Å². The van der Waals surface area contributed by atoms with Crippen LogP contribution < -0.4 is 10.9 Å². The van der Waals surface area contributed by atoms with Crippen molar-refractivity contribution in [3.63, 3.8) is 0 Å². The van der Waals surface area contributed by atoms with Crippen LogP contribution in [0.3, 0.4) is 0 Å². The number of fused-ring (bicyclic) bond motifs is 1. The molecule has 130 valence electrons. The third-order valence-corrected chi connectivity index (χ3v) is 5.47. The van der Waals surface area contributed by atoms with Crippen molar-refractivity contribution in [1.82, 2.24) is 10.3 Å². The molecule has 1 heterocycles. The second-order valence-corrected chi connectivity index (χ2v) is 7.25. The average Bonchev–Trinajstić information content (AvgIpc) is 2.56. The van der Waals surface area contributed by atoms with E-state index in [-0.39, 0.29) is 5.56 Å². The van der Waals surface area contributed by atoms with Gasteiger partial charge in [-0.3, -0.25) is 9.59 Å². The van der Waals surface area contributed by atoms with Crippen LogP contribution in [0.15, 0.2) is 10.9 Å². The Morgan fingerprint density at radius 2 is 1.92 bits per heavy atom. The quantitative estimate of drug-likeness (QED) is 0.788. The van der Waals surface area contributed by atoms with E-state index in [1.807, 2.05) is 0 Å². The fraction of sp³-hybridized carbons (Fsp3) is 0.611. The van der Waals surface area contributed by atoms with Gasteiger partial charge in [-0.25, -0.2) is 4.79 Å². The highest BCUT2D eigenvalue weighted by Crippen LogP contribution is 2.32. The third-order valence-electron chi connectivity index (χ3n) is 5.47. The van der Waals surface area contributed by atoms with Crippen LogP contribution in [0.25, 0.3) is 0 Å². The van der Waals surface area contributed by atoms with E-state index in [1.165, 1.54) is 0 Å². The first kappa shape index (κ1) is 16.7. The summed E-state index contributed by atoms with van der Waals surface area (Å²) in [6.45, 7) is 2.09. The van der Waals surface area contributed by atoms with Crippen LogP contribution in [-0.4, -0.2) is 27.5 Å². The van der Waals surface area contributed by atoms with Crippen molar-refractivity contribution in [3.8, 4) is 0 Å². The minimum absolute atomic E-state index is 0.0231. The van der Waals surface area contributed by atoms with Gasteiger partial charge in [-0.1, -0.05) is 6.92 Å². The molecule has 0 aromatic carbocycles. The molecule has 0 bridgehead atoms. The smallest absolute Gasteiger partial charge is 0.329 e. The molecule has 1 aromatic heterocycles. The molecule has 6 heteroatoms. The Labute approximate surface area is 140 Å². The summed E-state index contributed by atoms with van der Waals surface area (Å²) in [7, 11) is 0. The summed E-state index contributed by atoms with van der Waals surface area (Å²) >= 11 is 0. The summed E-state index contributed by atoms with van der Waals surface area (Å²) in [6.07, 6.45) is 6.06. The molecule has 24 heavy (non-hydrogen) atoms. The van der Waals surface area contributed by atoms with Gasteiger partial charge >= 0.3 is 5.97 Å². The highest BCUT2D eigenvalue weighted by molar-refractivity contribution is 5.97. The van der Waals surface area contributed by atoms with Gasteiger partial charge in [0.1, 0.15) is 11.1 Å². The Morgan fingerprint density at radius 3 is 2.58 bits per heavy atom. The summed E-state index contributed by atoms with van der Waals surface area (Å²) in [5.41, 5.74) is 0.231. The first-order valence-electron chi connectivity index (χ1n) is 8.72. The summed E-state index contributed by atoms with van der Waals surface area (Å²) in [5, 5.41) is 12.3. The number of aromatic nitrogens is 1. The van der Waals surface area contributed by atoms with Crippen LogP contribution in [0.2, 0.25) is 0 Å². The zero-order valence-corrected chi connectivity index (χ0v) is 14.0. The average molecular weight is 332 g/mol. The van der Waals surface area contributed by atoms with E-state index in [1.54, 1.807) is 6.07 Å². The summed E-state index contributed by atoms with van der Waals surface area (Å²) < 4.78 is 0. The van der Waals surface area contributed by atoms with E-state index in [9.17, 15) is 19.5 Å². The topological polar surface area (TPSA) is 99.3 Å². The van der Waals surface area contributed by atoms with Gasteiger partial charge in [0, 0.05) is 5.69 Å². The van der Waals surface area contributed by atoms with Gasteiger partial charge in [0.25, 0.3) is 11.5 Å². The highest BCUT2D eigenvalue weighted by atomic mass is 16.4. The maximum absolute atomic E-state index is 12.6. The predicted molar refractivity (Wildman–Crippen MR) is 89.2 cm³/mol. The Bertz CT molecular complexity index is 714. The van der Waals surface area contributed by atoms with Crippen LogP contribution in [0.4, 0.5) is 0 Å². The number of carboxylic acid groups (broad SMARTS) is 1. The number of carbonyl (C=O) groups excluding carboxylic acids is 1. The summed E-state index contributed by atoms with van der Waals surface area (Å²) in [4.78, 5) is 39.4. The molecule has 1 aromatic rings. The van der Waals surface area contributed by atoms with Crippen LogP contribution in [0.5, 0.6) is 0 Å². The molecule has 1 fully saturated rings. The number of carbonyl (C=O) groups is 2. The summed E-state index contributed by atoms with van der Waals surface area (Å²) in [6, 6.07) is 1.64. The SMILES string of the molecule is CC1CCC(NC(=O)c2cc3c([nH]c2=O)CCCC3)(C(=O)O)CC1. The molecule has 0 radical (unpaired) electrons. The Kier molecular flexibility index (Phi) is 4.47. The monoisotopic (exact) mass is 332 g/mol. The molecule has 3 N–H and O–H groups in total. The minimum Gasteiger partial charge on any atom is -0.480 e. The molecule has 0 unspecified atom stereocenters. The van der Waals surface area contributed by atoms with Crippen molar-refractivity contribution in [3.05, 3.63) is 33.2 Å². The molecule has 1 amide bonds. The normalized spacial score (nSPS) is 26.5. The second-order valence-electron chi connectivity index (χ2n) is 7.25. The van der Waals surface area contributed by atoms with Crippen molar-refractivity contribution in [1.29, 1.82) is 0 Å². The number of rotatable bonds is 3. The largest absolute Gasteiger partial charge is 0.480 e. The molecule has 0 atom stereocenters. The lowest BCUT2D eigenvalue weighted by molar-refractivity contribution is -0.146. The van der Waals surface area contributed by atoms with Gasteiger partial charge in [0.15, 0.2) is 0 Å². The number of aromatic amines is 1. The first-order chi connectivity index (χ1) is 11.4. The molecular formula is C18H24N2O4. The highest BCUT2D eigenvalue weighted by Gasteiger charge is 2.43. The molecule has 0 saturated heterocycles.